The molecule has 2 aromatic heterocycles. The van der Waals surface area contributed by atoms with Gasteiger partial charge in [0.25, 0.3) is 0 Å². The van der Waals surface area contributed by atoms with E-state index in [1.807, 2.05) is 51.6 Å². The monoisotopic (exact) mass is 568 g/mol. The van der Waals surface area contributed by atoms with Crippen molar-refractivity contribution in [2.24, 2.45) is 0 Å². The van der Waals surface area contributed by atoms with Crippen LogP contribution in [0.2, 0.25) is 0 Å². The largest absolute Gasteiger partial charge is 0.494 e. The van der Waals surface area contributed by atoms with Gasteiger partial charge in [0.2, 0.25) is 17.7 Å². The first kappa shape index (κ1) is 28.6. The van der Waals surface area contributed by atoms with E-state index >= 15 is 0 Å². The van der Waals surface area contributed by atoms with Crippen molar-refractivity contribution in [2.75, 3.05) is 74.9 Å². The Morgan fingerprint density at radius 1 is 1.10 bits per heavy atom. The number of carbonyl (C=O) groups is 1. The van der Waals surface area contributed by atoms with Gasteiger partial charge in [0.15, 0.2) is 0 Å². The van der Waals surface area contributed by atoms with Gasteiger partial charge in [-0.1, -0.05) is 24.8 Å². The number of para-hydroxylation sites is 1. The van der Waals surface area contributed by atoms with Gasteiger partial charge in [0.1, 0.15) is 11.9 Å². The molecule has 2 N–H and O–H groups in total. The van der Waals surface area contributed by atoms with Crippen LogP contribution in [-0.4, -0.2) is 86.3 Å². The molecule has 1 aliphatic heterocycles. The van der Waals surface area contributed by atoms with E-state index in [-0.39, 0.29) is 12.0 Å². The summed E-state index contributed by atoms with van der Waals surface area (Å²) in [5.41, 5.74) is 4.06. The maximum absolute atomic E-state index is 12.2. The Morgan fingerprint density at radius 2 is 1.90 bits per heavy atom. The van der Waals surface area contributed by atoms with E-state index in [0.717, 1.165) is 48.5 Å². The topological polar surface area (TPSA) is 108 Å². The fourth-order valence-electron chi connectivity index (χ4n) is 4.62. The van der Waals surface area contributed by atoms with Gasteiger partial charge in [-0.2, -0.15) is 4.98 Å². The number of nitrogens with zero attached hydrogens (tertiary/aromatic N) is 6. The molecule has 1 saturated heterocycles. The fraction of sp³-hybridized carbons (Fsp3) is 0.290. The molecule has 0 unspecified atom stereocenters. The number of fused-ring (bicyclic) bond motifs is 1. The Hall–Kier alpha value is -4.90. The number of hydrogen-bond acceptors (Lipinski definition) is 10. The number of nitrogens with one attached hydrogen (secondary N) is 2. The van der Waals surface area contributed by atoms with Crippen LogP contribution in [0.1, 0.15) is 0 Å². The van der Waals surface area contributed by atoms with E-state index in [2.05, 4.69) is 59.0 Å². The maximum atomic E-state index is 12.2. The molecular weight excluding hydrogens is 532 g/mol. The third-order valence-electron chi connectivity index (χ3n) is 7.01. The van der Waals surface area contributed by atoms with E-state index in [0.29, 0.717) is 29.0 Å². The third-order valence-corrected chi connectivity index (χ3v) is 7.01. The number of carbonyl (C=O) groups excluding carboxylic acids is 1. The standard InChI is InChI=1S/C31H36N8O3/c1-6-29(40)34-25-16-26(28(41-5)17-27(25)38(4)14-13-37(2)3)35-31-32-12-11-30(36-31)42-23-19-39(20-23)22-15-21-9-7-8-10-24(21)33-18-22/h6-12,15-18,23H,1,13-14,19-20H2,2-5H3,(H,34,40)(H,32,35,36). The molecule has 0 saturated carbocycles. The van der Waals surface area contributed by atoms with Crippen LogP contribution in [0.5, 0.6) is 11.6 Å². The summed E-state index contributed by atoms with van der Waals surface area (Å²) in [6, 6.07) is 15.7. The molecule has 1 amide bonds. The van der Waals surface area contributed by atoms with E-state index < -0.39 is 0 Å². The summed E-state index contributed by atoms with van der Waals surface area (Å²) < 4.78 is 11.8. The number of anilines is 5. The average molecular weight is 569 g/mol. The molecule has 1 fully saturated rings. The zero-order valence-electron chi connectivity index (χ0n) is 24.4. The molecule has 218 valence electrons. The number of benzene rings is 2. The highest BCUT2D eigenvalue weighted by atomic mass is 16.5. The molecule has 5 rings (SSSR count). The summed E-state index contributed by atoms with van der Waals surface area (Å²) in [6.45, 7) is 6.63. The van der Waals surface area contributed by atoms with Crippen molar-refractivity contribution in [3.63, 3.8) is 0 Å². The van der Waals surface area contributed by atoms with E-state index in [1.54, 1.807) is 25.4 Å². The van der Waals surface area contributed by atoms with Crippen molar-refractivity contribution in [3.8, 4) is 11.6 Å². The Kier molecular flexibility index (Phi) is 8.68. The highest BCUT2D eigenvalue weighted by Crippen LogP contribution is 2.38. The summed E-state index contributed by atoms with van der Waals surface area (Å²) in [5.74, 6) is 1.07. The predicted octanol–water partition coefficient (Wildman–Crippen LogP) is 4.17. The first-order chi connectivity index (χ1) is 20.3. The second-order valence-electron chi connectivity index (χ2n) is 10.4. The van der Waals surface area contributed by atoms with Gasteiger partial charge in [0.05, 0.1) is 54.7 Å². The first-order valence-corrected chi connectivity index (χ1v) is 13.7. The van der Waals surface area contributed by atoms with E-state index in [9.17, 15) is 4.79 Å². The molecule has 0 atom stereocenters. The van der Waals surface area contributed by atoms with E-state index in [1.165, 1.54) is 6.08 Å². The third kappa shape index (κ3) is 6.69. The number of ether oxygens (including phenoxy) is 2. The SMILES string of the molecule is C=CC(=O)Nc1cc(Nc2nccc(OC3CN(c4cnc5ccccc5c4)C3)n2)c(OC)cc1N(C)CCN(C)C. The normalized spacial score (nSPS) is 13.0. The number of pyridine rings is 1. The van der Waals surface area contributed by atoms with Crippen molar-refractivity contribution < 1.29 is 14.3 Å². The molecule has 0 spiro atoms. The smallest absolute Gasteiger partial charge is 0.247 e. The fourth-order valence-corrected chi connectivity index (χ4v) is 4.62. The van der Waals surface area contributed by atoms with Crippen molar-refractivity contribution in [3.05, 3.63) is 73.6 Å². The van der Waals surface area contributed by atoms with Crippen LogP contribution in [0, 0.1) is 0 Å². The molecule has 1 aliphatic rings. The van der Waals surface area contributed by atoms with Gasteiger partial charge < -0.3 is 34.8 Å². The highest BCUT2D eigenvalue weighted by molar-refractivity contribution is 6.02. The second kappa shape index (κ2) is 12.7. The van der Waals surface area contributed by atoms with Crippen LogP contribution in [0.4, 0.5) is 28.7 Å². The number of methoxy groups -OCH3 is 1. The minimum atomic E-state index is -0.311. The summed E-state index contributed by atoms with van der Waals surface area (Å²) >= 11 is 0. The van der Waals surface area contributed by atoms with Gasteiger partial charge in [-0.25, -0.2) is 4.98 Å². The highest BCUT2D eigenvalue weighted by Gasteiger charge is 2.29. The summed E-state index contributed by atoms with van der Waals surface area (Å²) in [4.78, 5) is 32.1. The zero-order chi connectivity index (χ0) is 29.6. The number of rotatable bonds is 12. The predicted molar refractivity (Wildman–Crippen MR) is 167 cm³/mol. The number of amides is 1. The molecule has 0 aliphatic carbocycles. The van der Waals surface area contributed by atoms with Crippen LogP contribution in [0.15, 0.2) is 73.6 Å². The Bertz CT molecular complexity index is 1570. The lowest BCUT2D eigenvalue weighted by molar-refractivity contribution is -0.111. The summed E-state index contributed by atoms with van der Waals surface area (Å²) in [7, 11) is 7.60. The van der Waals surface area contributed by atoms with Crippen molar-refractivity contribution in [1.82, 2.24) is 19.9 Å². The molecule has 2 aromatic carbocycles. The van der Waals surface area contributed by atoms with Crippen molar-refractivity contribution >= 4 is 45.5 Å². The van der Waals surface area contributed by atoms with Gasteiger partial charge in [-0.05, 0) is 38.4 Å². The number of likely N-dealkylation sites (N-methyl/N-ethyl adjacent to an activating group) is 2. The molecule has 4 aromatic rings. The van der Waals surface area contributed by atoms with Crippen LogP contribution in [0.3, 0.4) is 0 Å². The maximum Gasteiger partial charge on any atom is 0.247 e. The molecule has 11 heteroatoms. The lowest BCUT2D eigenvalue weighted by Gasteiger charge is -2.40. The summed E-state index contributed by atoms with van der Waals surface area (Å²) in [5, 5.41) is 7.24. The minimum Gasteiger partial charge on any atom is -0.494 e. The van der Waals surface area contributed by atoms with E-state index in [4.69, 9.17) is 9.47 Å². The number of hydrogen-bond donors (Lipinski definition) is 2. The molecule has 3 heterocycles. The molecular formula is C31H36N8O3. The average Bonchev–Trinajstić information content (AvgIpc) is 2.97. The molecule has 42 heavy (non-hydrogen) atoms. The molecule has 0 radical (unpaired) electrons. The Morgan fingerprint density at radius 3 is 2.67 bits per heavy atom. The first-order valence-electron chi connectivity index (χ1n) is 13.7. The molecule has 11 nitrogen and oxygen atoms in total. The summed E-state index contributed by atoms with van der Waals surface area (Å²) in [6.07, 6.45) is 4.77. The zero-order valence-corrected chi connectivity index (χ0v) is 24.4. The van der Waals surface area contributed by atoms with Crippen molar-refractivity contribution in [2.45, 2.75) is 6.10 Å². The van der Waals surface area contributed by atoms with Gasteiger partial charge in [-0.3, -0.25) is 9.78 Å². The van der Waals surface area contributed by atoms with Gasteiger partial charge >= 0.3 is 0 Å². The Balaban J connectivity index is 1.28. The van der Waals surface area contributed by atoms with Crippen LogP contribution >= 0.6 is 0 Å². The Labute approximate surface area is 245 Å². The van der Waals surface area contributed by atoms with Crippen LogP contribution in [0.25, 0.3) is 10.9 Å². The van der Waals surface area contributed by atoms with Gasteiger partial charge in [-0.15, -0.1) is 0 Å². The van der Waals surface area contributed by atoms with Crippen LogP contribution in [-0.2, 0) is 4.79 Å². The lowest BCUT2D eigenvalue weighted by atomic mass is 10.1. The van der Waals surface area contributed by atoms with Gasteiger partial charge in [0, 0.05) is 43.9 Å². The molecule has 0 bridgehead atoms. The van der Waals surface area contributed by atoms with Crippen molar-refractivity contribution in [1.29, 1.82) is 0 Å². The lowest BCUT2D eigenvalue weighted by Crippen LogP contribution is -2.54. The second-order valence-corrected chi connectivity index (χ2v) is 10.4. The van der Waals surface area contributed by atoms with Crippen LogP contribution < -0.4 is 29.9 Å². The quantitative estimate of drug-likeness (QED) is 0.242. The number of aromatic nitrogens is 3. The minimum absolute atomic E-state index is 0.00791.